The van der Waals surface area contributed by atoms with E-state index in [0.29, 0.717) is 23.6 Å². The topological polar surface area (TPSA) is 63.2 Å². The predicted molar refractivity (Wildman–Crippen MR) is 108 cm³/mol. The third kappa shape index (κ3) is 6.16. The van der Waals surface area contributed by atoms with Gasteiger partial charge < -0.3 is 15.4 Å². The lowest BCUT2D eigenvalue weighted by molar-refractivity contribution is 0.0922. The molecule has 1 fully saturated rings. The van der Waals surface area contributed by atoms with Crippen molar-refractivity contribution in [1.82, 2.24) is 15.6 Å². The minimum Gasteiger partial charge on any atom is -0.457 e. The maximum absolute atomic E-state index is 12.4. The van der Waals surface area contributed by atoms with Crippen molar-refractivity contribution < 1.29 is 9.53 Å². The second kappa shape index (κ2) is 10.4. The molecule has 1 aliphatic heterocycles. The second-order valence-corrected chi connectivity index (χ2v) is 6.56. The molecule has 1 aromatic carbocycles. The summed E-state index contributed by atoms with van der Waals surface area (Å²) < 4.78 is 5.76. The lowest BCUT2D eigenvalue weighted by Crippen LogP contribution is -2.42. The standard InChI is InChI=1S/C19H23N3O2.2ClH/c1-19(7-11-21-12-8-19)14-22-18(23)15-3-2-4-17(13-15)24-16-5-9-20-10-6-16;;/h2-6,9-10,13,21H,7-8,11-12,14H2,1H3,(H,22,23);2*1H. The average Bonchev–Trinajstić information content (AvgIpc) is 2.61. The van der Waals surface area contributed by atoms with E-state index < -0.39 is 0 Å². The second-order valence-electron chi connectivity index (χ2n) is 6.56. The SMILES string of the molecule is CC1(CNC(=O)c2cccc(Oc3ccncc3)c2)CCNCC1.Cl.Cl. The Labute approximate surface area is 166 Å². The predicted octanol–water partition coefficient (Wildman–Crippen LogP) is 3.84. The molecule has 1 saturated heterocycles. The number of nitrogens with zero attached hydrogens (tertiary/aromatic N) is 1. The van der Waals surface area contributed by atoms with Crippen molar-refractivity contribution in [3.8, 4) is 11.5 Å². The van der Waals surface area contributed by atoms with Crippen molar-refractivity contribution in [3.05, 3.63) is 54.4 Å². The lowest BCUT2D eigenvalue weighted by Gasteiger charge is -2.34. The highest BCUT2D eigenvalue weighted by molar-refractivity contribution is 5.94. The Bertz CT molecular complexity index is 692. The number of nitrogens with one attached hydrogen (secondary N) is 2. The van der Waals surface area contributed by atoms with Crippen molar-refractivity contribution in [2.24, 2.45) is 5.41 Å². The molecule has 0 radical (unpaired) electrons. The third-order valence-corrected chi connectivity index (χ3v) is 4.47. The van der Waals surface area contributed by atoms with Crippen molar-refractivity contribution in [2.75, 3.05) is 19.6 Å². The van der Waals surface area contributed by atoms with E-state index in [1.165, 1.54) is 0 Å². The van der Waals surface area contributed by atoms with Crippen LogP contribution in [-0.4, -0.2) is 30.5 Å². The number of amides is 1. The molecule has 0 atom stereocenters. The van der Waals surface area contributed by atoms with Gasteiger partial charge in [0.25, 0.3) is 5.91 Å². The number of hydrogen-bond donors (Lipinski definition) is 2. The molecule has 1 aromatic heterocycles. The van der Waals surface area contributed by atoms with Gasteiger partial charge in [-0.15, -0.1) is 24.8 Å². The zero-order valence-electron chi connectivity index (χ0n) is 14.7. The molecule has 5 nitrogen and oxygen atoms in total. The van der Waals surface area contributed by atoms with Gasteiger partial charge in [0, 0.05) is 24.5 Å². The van der Waals surface area contributed by atoms with Crippen molar-refractivity contribution >= 4 is 30.7 Å². The van der Waals surface area contributed by atoms with Crippen LogP contribution in [0.4, 0.5) is 0 Å². The molecular formula is C19H25Cl2N3O2. The number of piperidine rings is 1. The van der Waals surface area contributed by atoms with Gasteiger partial charge in [-0.25, -0.2) is 0 Å². The van der Waals surface area contributed by atoms with Crippen LogP contribution in [0.3, 0.4) is 0 Å². The largest absolute Gasteiger partial charge is 0.457 e. The summed E-state index contributed by atoms with van der Waals surface area (Å²) in [6.07, 6.45) is 5.51. The number of rotatable bonds is 5. The molecule has 0 unspecified atom stereocenters. The van der Waals surface area contributed by atoms with Gasteiger partial charge in [0.05, 0.1) is 0 Å². The van der Waals surface area contributed by atoms with Gasteiger partial charge >= 0.3 is 0 Å². The average molecular weight is 398 g/mol. The van der Waals surface area contributed by atoms with Crippen molar-refractivity contribution in [2.45, 2.75) is 19.8 Å². The zero-order valence-corrected chi connectivity index (χ0v) is 16.4. The Morgan fingerprint density at radius 2 is 1.85 bits per heavy atom. The third-order valence-electron chi connectivity index (χ3n) is 4.47. The van der Waals surface area contributed by atoms with Crippen LogP contribution >= 0.6 is 24.8 Å². The van der Waals surface area contributed by atoms with Gasteiger partial charge in [-0.1, -0.05) is 13.0 Å². The summed E-state index contributed by atoms with van der Waals surface area (Å²) in [4.78, 5) is 16.4. The number of halogens is 2. The molecule has 0 bridgehead atoms. The molecular weight excluding hydrogens is 373 g/mol. The highest BCUT2D eigenvalue weighted by Gasteiger charge is 2.27. The lowest BCUT2D eigenvalue weighted by atomic mass is 9.81. The normalized spacial score (nSPS) is 15.1. The summed E-state index contributed by atoms with van der Waals surface area (Å²) >= 11 is 0. The van der Waals surface area contributed by atoms with Gasteiger partial charge in [-0.3, -0.25) is 9.78 Å². The van der Waals surface area contributed by atoms with E-state index in [1.807, 2.05) is 12.1 Å². The van der Waals surface area contributed by atoms with Crippen LogP contribution in [0.25, 0.3) is 0 Å². The van der Waals surface area contributed by atoms with E-state index in [1.54, 1.807) is 36.7 Å². The Morgan fingerprint density at radius 1 is 1.15 bits per heavy atom. The number of carbonyl (C=O) groups excluding carboxylic acids is 1. The molecule has 2 heterocycles. The van der Waals surface area contributed by atoms with E-state index >= 15 is 0 Å². The maximum atomic E-state index is 12.4. The van der Waals surface area contributed by atoms with E-state index in [9.17, 15) is 4.79 Å². The molecule has 2 N–H and O–H groups in total. The number of aromatic nitrogens is 1. The molecule has 1 aliphatic rings. The molecule has 3 rings (SSSR count). The summed E-state index contributed by atoms with van der Waals surface area (Å²) in [6, 6.07) is 10.8. The first-order chi connectivity index (χ1) is 11.6. The Morgan fingerprint density at radius 3 is 2.54 bits per heavy atom. The fourth-order valence-corrected chi connectivity index (χ4v) is 2.85. The number of ether oxygens (including phenoxy) is 1. The van der Waals surface area contributed by atoms with Gasteiger partial charge in [0.15, 0.2) is 0 Å². The van der Waals surface area contributed by atoms with Crippen molar-refractivity contribution in [1.29, 1.82) is 0 Å². The van der Waals surface area contributed by atoms with Gasteiger partial charge in [-0.05, 0) is 61.7 Å². The quantitative estimate of drug-likeness (QED) is 0.804. The molecule has 0 aliphatic carbocycles. The molecule has 0 saturated carbocycles. The van der Waals surface area contributed by atoms with Crippen LogP contribution in [0, 0.1) is 5.41 Å². The first-order valence-corrected chi connectivity index (χ1v) is 8.32. The van der Waals surface area contributed by atoms with E-state index in [-0.39, 0.29) is 36.1 Å². The molecule has 2 aromatic rings. The van der Waals surface area contributed by atoms with Crippen LogP contribution in [-0.2, 0) is 0 Å². The monoisotopic (exact) mass is 397 g/mol. The molecule has 142 valence electrons. The molecule has 26 heavy (non-hydrogen) atoms. The van der Waals surface area contributed by atoms with Crippen LogP contribution in [0.2, 0.25) is 0 Å². The minimum atomic E-state index is -0.0602. The Hall–Kier alpha value is -1.82. The van der Waals surface area contributed by atoms with Gasteiger partial charge in [0.2, 0.25) is 0 Å². The first kappa shape index (κ1) is 22.2. The van der Waals surface area contributed by atoms with E-state index in [4.69, 9.17) is 4.74 Å². The molecule has 1 amide bonds. The van der Waals surface area contributed by atoms with E-state index in [2.05, 4.69) is 22.5 Å². The first-order valence-electron chi connectivity index (χ1n) is 8.32. The number of hydrogen-bond acceptors (Lipinski definition) is 4. The van der Waals surface area contributed by atoms with Gasteiger partial charge in [-0.2, -0.15) is 0 Å². The zero-order chi connectivity index (χ0) is 16.8. The number of benzene rings is 1. The molecule has 0 spiro atoms. The Balaban J connectivity index is 0.00000169. The summed E-state index contributed by atoms with van der Waals surface area (Å²) in [5.41, 5.74) is 0.783. The highest BCUT2D eigenvalue weighted by Crippen LogP contribution is 2.27. The maximum Gasteiger partial charge on any atom is 0.251 e. The fourth-order valence-electron chi connectivity index (χ4n) is 2.85. The number of pyridine rings is 1. The smallest absolute Gasteiger partial charge is 0.251 e. The summed E-state index contributed by atoms with van der Waals surface area (Å²) in [6.45, 7) is 4.96. The van der Waals surface area contributed by atoms with Crippen LogP contribution in [0.15, 0.2) is 48.8 Å². The van der Waals surface area contributed by atoms with Crippen molar-refractivity contribution in [3.63, 3.8) is 0 Å². The van der Waals surface area contributed by atoms with E-state index in [0.717, 1.165) is 25.9 Å². The molecule has 7 heteroatoms. The van der Waals surface area contributed by atoms with Gasteiger partial charge in [0.1, 0.15) is 11.5 Å². The fraction of sp³-hybridized carbons (Fsp3) is 0.368. The minimum absolute atomic E-state index is 0. The van der Waals surface area contributed by atoms with Crippen LogP contribution < -0.4 is 15.4 Å². The summed E-state index contributed by atoms with van der Waals surface area (Å²) in [5.74, 6) is 1.28. The highest BCUT2D eigenvalue weighted by atomic mass is 35.5. The summed E-state index contributed by atoms with van der Waals surface area (Å²) in [5, 5.41) is 6.42. The summed E-state index contributed by atoms with van der Waals surface area (Å²) in [7, 11) is 0. The van der Waals surface area contributed by atoms with Crippen LogP contribution in [0.5, 0.6) is 11.5 Å². The Kier molecular flexibility index (Phi) is 8.85. The van der Waals surface area contributed by atoms with Crippen LogP contribution in [0.1, 0.15) is 30.1 Å². The number of carbonyl (C=O) groups is 1.